The second kappa shape index (κ2) is 8.41. The summed E-state index contributed by atoms with van der Waals surface area (Å²) in [5, 5.41) is 0. The highest BCUT2D eigenvalue weighted by molar-refractivity contribution is 7.90. The van der Waals surface area contributed by atoms with E-state index in [0.29, 0.717) is 42.0 Å². The molecule has 0 bridgehead atoms. The number of anilines is 1. The van der Waals surface area contributed by atoms with Crippen LogP contribution >= 0.6 is 12.4 Å². The summed E-state index contributed by atoms with van der Waals surface area (Å²) in [6.07, 6.45) is 3.95. The summed E-state index contributed by atoms with van der Waals surface area (Å²) in [6, 6.07) is 13.1. The van der Waals surface area contributed by atoms with Crippen molar-refractivity contribution >= 4 is 33.8 Å². The molecule has 0 atom stereocenters. The van der Waals surface area contributed by atoms with Crippen LogP contribution in [0.25, 0.3) is 11.4 Å². The Hall–Kier alpha value is -2.97. The van der Waals surface area contributed by atoms with Crippen LogP contribution in [0, 0.1) is 0 Å². The molecule has 9 heteroatoms. The molecule has 3 aromatic rings. The zero-order chi connectivity index (χ0) is 20.6. The van der Waals surface area contributed by atoms with Crippen LogP contribution in [0.5, 0.6) is 0 Å². The lowest BCUT2D eigenvalue weighted by atomic mass is 10.0. The summed E-state index contributed by atoms with van der Waals surface area (Å²) in [6.45, 7) is 0.444. The molecule has 2 aromatic heterocycles. The number of nitrogens with zero attached hydrogens (tertiary/aromatic N) is 2. The normalized spacial score (nSPS) is 13.3. The first-order valence-electron chi connectivity index (χ1n) is 9.14. The van der Waals surface area contributed by atoms with Gasteiger partial charge >= 0.3 is 0 Å². The number of carbonyl (C=O) groups excluding carboxylic acids is 1. The predicted molar refractivity (Wildman–Crippen MR) is 117 cm³/mol. The fourth-order valence-corrected chi connectivity index (χ4v) is 4.14. The smallest absolute Gasteiger partial charge is 0.258 e. The standard InChI is InChI=1S/C21H19N3O4S.ClH/c1-29(27,28)15-7-4-6-14(12-15)21(26)24-11-5-8-16-19(24)13-18(23-20(16)25)17-9-2-3-10-22-17;/h2-4,6-7,9-10,12-13H,5,8,11H2,1H3,(H,23,25);1H. The number of halogens is 1. The molecule has 1 aliphatic rings. The molecule has 0 fully saturated rings. The van der Waals surface area contributed by atoms with Gasteiger partial charge < -0.3 is 9.88 Å². The van der Waals surface area contributed by atoms with E-state index in [1.165, 1.54) is 12.1 Å². The van der Waals surface area contributed by atoms with Crippen LogP contribution in [0.3, 0.4) is 0 Å². The highest BCUT2D eigenvalue weighted by Crippen LogP contribution is 2.29. The van der Waals surface area contributed by atoms with Crippen LogP contribution in [-0.2, 0) is 16.3 Å². The average molecular weight is 446 g/mol. The molecule has 0 saturated heterocycles. The molecular formula is C21H20ClN3O4S. The van der Waals surface area contributed by atoms with Crippen LogP contribution in [0.2, 0.25) is 0 Å². The predicted octanol–water partition coefficient (Wildman–Crippen LogP) is 2.86. The number of benzene rings is 1. The lowest BCUT2D eigenvalue weighted by Crippen LogP contribution is -2.38. The summed E-state index contributed by atoms with van der Waals surface area (Å²) >= 11 is 0. The first kappa shape index (κ1) is 21.7. The van der Waals surface area contributed by atoms with Crippen molar-refractivity contribution in [3.8, 4) is 11.4 Å². The number of hydrogen-bond donors (Lipinski definition) is 1. The highest BCUT2D eigenvalue weighted by Gasteiger charge is 2.27. The van der Waals surface area contributed by atoms with Crippen molar-refractivity contribution in [1.82, 2.24) is 9.97 Å². The number of pyridine rings is 2. The Bertz CT molecular complexity index is 1260. The monoisotopic (exact) mass is 445 g/mol. The van der Waals surface area contributed by atoms with Crippen molar-refractivity contribution in [3.05, 3.63) is 76.2 Å². The van der Waals surface area contributed by atoms with Crippen LogP contribution in [0.1, 0.15) is 22.3 Å². The number of fused-ring (bicyclic) bond motifs is 1. The minimum atomic E-state index is -3.43. The van der Waals surface area contributed by atoms with Gasteiger partial charge in [-0.05, 0) is 49.2 Å². The largest absolute Gasteiger partial charge is 0.320 e. The van der Waals surface area contributed by atoms with E-state index in [2.05, 4.69) is 9.97 Å². The molecule has 1 N–H and O–H groups in total. The number of aromatic nitrogens is 2. The third-order valence-corrected chi connectivity index (χ3v) is 6.02. The Balaban J connectivity index is 0.00000256. The molecule has 1 aromatic carbocycles. The van der Waals surface area contributed by atoms with Gasteiger partial charge in [-0.3, -0.25) is 14.6 Å². The third-order valence-electron chi connectivity index (χ3n) is 4.91. The number of amides is 1. The number of aromatic amines is 1. The Morgan fingerprint density at radius 1 is 1.13 bits per heavy atom. The lowest BCUT2D eigenvalue weighted by molar-refractivity contribution is 0.0985. The van der Waals surface area contributed by atoms with E-state index >= 15 is 0 Å². The zero-order valence-corrected chi connectivity index (χ0v) is 17.8. The van der Waals surface area contributed by atoms with Crippen molar-refractivity contribution in [3.63, 3.8) is 0 Å². The Kier molecular flexibility index (Phi) is 6.09. The van der Waals surface area contributed by atoms with Crippen molar-refractivity contribution < 1.29 is 13.2 Å². The minimum Gasteiger partial charge on any atom is -0.320 e. The molecular weight excluding hydrogens is 426 g/mol. The van der Waals surface area contributed by atoms with Crippen LogP contribution < -0.4 is 10.5 Å². The van der Waals surface area contributed by atoms with Gasteiger partial charge in [0.05, 0.1) is 22.0 Å². The molecule has 30 heavy (non-hydrogen) atoms. The molecule has 0 aliphatic carbocycles. The van der Waals surface area contributed by atoms with E-state index in [9.17, 15) is 18.0 Å². The fourth-order valence-electron chi connectivity index (χ4n) is 3.48. The molecule has 0 saturated carbocycles. The summed E-state index contributed by atoms with van der Waals surface area (Å²) in [5.41, 5.74) is 2.23. The van der Waals surface area contributed by atoms with Gasteiger partial charge in [-0.1, -0.05) is 12.1 Å². The minimum absolute atomic E-state index is 0. The molecule has 3 heterocycles. The highest BCUT2D eigenvalue weighted by atomic mass is 35.5. The lowest BCUT2D eigenvalue weighted by Gasteiger charge is -2.29. The Morgan fingerprint density at radius 3 is 2.63 bits per heavy atom. The zero-order valence-electron chi connectivity index (χ0n) is 16.2. The number of nitrogens with one attached hydrogen (secondary N) is 1. The number of hydrogen-bond acceptors (Lipinski definition) is 5. The van der Waals surface area contributed by atoms with E-state index in [0.717, 1.165) is 6.26 Å². The molecule has 4 rings (SSSR count). The number of rotatable bonds is 3. The summed E-state index contributed by atoms with van der Waals surface area (Å²) in [5.74, 6) is -0.339. The third kappa shape index (κ3) is 4.15. The van der Waals surface area contributed by atoms with Crippen molar-refractivity contribution in [2.45, 2.75) is 17.7 Å². The topological polar surface area (TPSA) is 100 Å². The van der Waals surface area contributed by atoms with Crippen molar-refractivity contribution in [2.24, 2.45) is 0 Å². The maximum absolute atomic E-state index is 13.2. The van der Waals surface area contributed by atoms with E-state index in [1.54, 1.807) is 41.4 Å². The van der Waals surface area contributed by atoms with E-state index in [4.69, 9.17) is 0 Å². The maximum atomic E-state index is 13.2. The summed E-state index contributed by atoms with van der Waals surface area (Å²) in [7, 11) is -3.43. The van der Waals surface area contributed by atoms with Crippen LogP contribution in [0.15, 0.2) is 64.4 Å². The molecule has 7 nitrogen and oxygen atoms in total. The van der Waals surface area contributed by atoms with Crippen molar-refractivity contribution in [1.29, 1.82) is 0 Å². The molecule has 0 unspecified atom stereocenters. The summed E-state index contributed by atoms with van der Waals surface area (Å²) < 4.78 is 23.7. The molecule has 156 valence electrons. The molecule has 1 aliphatic heterocycles. The second-order valence-electron chi connectivity index (χ2n) is 6.95. The first-order valence-corrected chi connectivity index (χ1v) is 11.0. The van der Waals surface area contributed by atoms with Crippen molar-refractivity contribution in [2.75, 3.05) is 17.7 Å². The average Bonchev–Trinajstić information content (AvgIpc) is 2.73. The quantitative estimate of drug-likeness (QED) is 0.668. The van der Waals surface area contributed by atoms with Gasteiger partial charge in [-0.25, -0.2) is 8.42 Å². The molecule has 0 radical (unpaired) electrons. The van der Waals surface area contributed by atoms with Gasteiger partial charge in [-0.15, -0.1) is 12.4 Å². The SMILES string of the molecule is CS(=O)(=O)c1cccc(C(=O)N2CCCc3c2cc(-c2ccccn2)[nH]c3=O)c1.Cl. The van der Waals surface area contributed by atoms with Gasteiger partial charge in [-0.2, -0.15) is 0 Å². The van der Waals surface area contributed by atoms with Gasteiger partial charge in [0.1, 0.15) is 0 Å². The number of carbonyl (C=O) groups is 1. The molecule has 0 spiro atoms. The van der Waals surface area contributed by atoms with Gasteiger partial charge in [0, 0.05) is 30.1 Å². The second-order valence-corrected chi connectivity index (χ2v) is 8.97. The van der Waals surface area contributed by atoms with E-state index in [1.807, 2.05) is 6.07 Å². The van der Waals surface area contributed by atoms with Crippen LogP contribution in [-0.4, -0.2) is 37.1 Å². The van der Waals surface area contributed by atoms with E-state index in [-0.39, 0.29) is 34.3 Å². The molecule has 1 amide bonds. The number of sulfone groups is 1. The number of H-pyrrole nitrogens is 1. The van der Waals surface area contributed by atoms with Gasteiger partial charge in [0.25, 0.3) is 11.5 Å². The van der Waals surface area contributed by atoms with E-state index < -0.39 is 9.84 Å². The Labute approximate surface area is 180 Å². The fraction of sp³-hybridized carbons (Fsp3) is 0.190. The van der Waals surface area contributed by atoms with Crippen LogP contribution in [0.4, 0.5) is 5.69 Å². The first-order chi connectivity index (χ1) is 13.8. The van der Waals surface area contributed by atoms with Gasteiger partial charge in [0.15, 0.2) is 9.84 Å². The Morgan fingerprint density at radius 2 is 1.93 bits per heavy atom. The maximum Gasteiger partial charge on any atom is 0.258 e. The summed E-state index contributed by atoms with van der Waals surface area (Å²) in [4.78, 5) is 34.6. The van der Waals surface area contributed by atoms with Gasteiger partial charge in [0.2, 0.25) is 0 Å².